The summed E-state index contributed by atoms with van der Waals surface area (Å²) in [7, 11) is 0. The topological polar surface area (TPSA) is 50.7 Å². The monoisotopic (exact) mass is 320 g/mol. The van der Waals surface area contributed by atoms with E-state index in [2.05, 4.69) is 17.5 Å². The number of nitrogens with one attached hydrogen (secondary N) is 1. The number of hydrazone groups is 1. The van der Waals surface area contributed by atoms with Crippen molar-refractivity contribution in [2.45, 2.75) is 26.4 Å². The van der Waals surface area contributed by atoms with Crippen LogP contribution in [0, 0.1) is 0 Å². The van der Waals surface area contributed by atoms with Gasteiger partial charge in [0.15, 0.2) is 0 Å². The van der Waals surface area contributed by atoms with Gasteiger partial charge in [-0.2, -0.15) is 5.10 Å². The van der Waals surface area contributed by atoms with E-state index in [0.29, 0.717) is 12.2 Å². The second-order valence-corrected chi connectivity index (χ2v) is 5.83. The molecule has 0 unspecified atom stereocenters. The first-order valence-corrected chi connectivity index (χ1v) is 8.01. The maximum Gasteiger partial charge on any atom is 0.271 e. The lowest BCUT2D eigenvalue weighted by molar-refractivity contribution is 0.0954. The Morgan fingerprint density at radius 3 is 2.50 bits per heavy atom. The summed E-state index contributed by atoms with van der Waals surface area (Å²) in [5.74, 6) is 0.631. The van der Waals surface area contributed by atoms with Crippen LogP contribution in [0.5, 0.6) is 5.75 Å². The van der Waals surface area contributed by atoms with Crippen molar-refractivity contribution in [3.05, 3.63) is 77.4 Å². The van der Waals surface area contributed by atoms with Gasteiger partial charge in [0.25, 0.3) is 5.91 Å². The number of hydrogen-bond donors (Lipinski definition) is 1. The highest BCUT2D eigenvalue weighted by molar-refractivity contribution is 6.00. The molecule has 1 N–H and O–H groups in total. The van der Waals surface area contributed by atoms with Crippen LogP contribution in [-0.4, -0.2) is 11.6 Å². The molecule has 4 nitrogen and oxygen atoms in total. The van der Waals surface area contributed by atoms with Crippen LogP contribution in [0.2, 0.25) is 0 Å². The number of benzene rings is 2. The maximum atomic E-state index is 12.1. The largest absolute Gasteiger partial charge is 0.489 e. The van der Waals surface area contributed by atoms with Crippen molar-refractivity contribution in [3.8, 4) is 5.75 Å². The van der Waals surface area contributed by atoms with Crippen LogP contribution in [0.1, 0.15) is 35.7 Å². The summed E-state index contributed by atoms with van der Waals surface area (Å²) in [6, 6.07) is 17.0. The molecule has 2 aromatic rings. The molecule has 0 saturated carbocycles. The van der Waals surface area contributed by atoms with Crippen LogP contribution in [-0.2, 0) is 6.61 Å². The van der Waals surface area contributed by atoms with Crippen molar-refractivity contribution in [2.24, 2.45) is 5.10 Å². The summed E-state index contributed by atoms with van der Waals surface area (Å²) in [6.45, 7) is 2.54. The standard InChI is InChI=1S/C20H20N2O2/c1-15-7-12-18(13-15)21-22-20(23)17-10-8-16(9-11-17)14-24-19-5-3-2-4-6-19/h2-6,8-11,13H,7,12,14H2,1H3,(H,22,23)/b21-18-. The molecule has 0 radical (unpaired) electrons. The summed E-state index contributed by atoms with van der Waals surface area (Å²) in [4.78, 5) is 12.1. The van der Waals surface area contributed by atoms with Crippen molar-refractivity contribution in [1.29, 1.82) is 0 Å². The second-order valence-electron chi connectivity index (χ2n) is 5.83. The number of carbonyl (C=O) groups is 1. The third kappa shape index (κ3) is 4.32. The molecule has 1 aliphatic carbocycles. The quantitative estimate of drug-likeness (QED) is 0.844. The Morgan fingerprint density at radius 2 is 1.83 bits per heavy atom. The van der Waals surface area contributed by atoms with Crippen LogP contribution in [0.15, 0.2) is 71.3 Å². The van der Waals surface area contributed by atoms with E-state index in [9.17, 15) is 4.79 Å². The average molecular weight is 320 g/mol. The Hall–Kier alpha value is -2.88. The molecule has 0 heterocycles. The van der Waals surface area contributed by atoms with Crippen molar-refractivity contribution in [2.75, 3.05) is 0 Å². The molecule has 3 rings (SSSR count). The van der Waals surface area contributed by atoms with E-state index >= 15 is 0 Å². The van der Waals surface area contributed by atoms with Gasteiger partial charge in [-0.05, 0) is 55.7 Å². The lowest BCUT2D eigenvalue weighted by Gasteiger charge is -2.07. The van der Waals surface area contributed by atoms with Crippen molar-refractivity contribution in [1.82, 2.24) is 5.43 Å². The predicted molar refractivity (Wildman–Crippen MR) is 95.1 cm³/mol. The molecule has 122 valence electrons. The number of rotatable bonds is 5. The summed E-state index contributed by atoms with van der Waals surface area (Å²) in [6.07, 6.45) is 3.93. The highest BCUT2D eigenvalue weighted by Gasteiger charge is 2.09. The zero-order valence-electron chi connectivity index (χ0n) is 13.7. The molecular weight excluding hydrogens is 300 g/mol. The zero-order chi connectivity index (χ0) is 16.8. The van der Waals surface area contributed by atoms with Crippen LogP contribution in [0.4, 0.5) is 0 Å². The molecule has 1 aliphatic rings. The van der Waals surface area contributed by atoms with E-state index in [0.717, 1.165) is 29.9 Å². The molecule has 0 saturated heterocycles. The lowest BCUT2D eigenvalue weighted by atomic mass is 10.1. The first kappa shape index (κ1) is 16.0. The fourth-order valence-corrected chi connectivity index (χ4v) is 2.47. The highest BCUT2D eigenvalue weighted by Crippen LogP contribution is 2.15. The molecule has 0 aliphatic heterocycles. The van der Waals surface area contributed by atoms with Gasteiger partial charge in [0.05, 0.1) is 5.71 Å². The van der Waals surface area contributed by atoms with E-state index in [-0.39, 0.29) is 5.91 Å². The van der Waals surface area contributed by atoms with E-state index in [1.165, 1.54) is 5.57 Å². The maximum absolute atomic E-state index is 12.1. The summed E-state index contributed by atoms with van der Waals surface area (Å²) in [5.41, 5.74) is 6.43. The molecule has 0 atom stereocenters. The molecule has 0 spiro atoms. The number of hydrogen-bond acceptors (Lipinski definition) is 3. The fourth-order valence-electron chi connectivity index (χ4n) is 2.47. The minimum absolute atomic E-state index is 0.198. The number of nitrogens with zero attached hydrogens (tertiary/aromatic N) is 1. The smallest absolute Gasteiger partial charge is 0.271 e. The third-order valence-electron chi connectivity index (χ3n) is 3.85. The molecule has 4 heteroatoms. The van der Waals surface area contributed by atoms with Gasteiger partial charge in [0, 0.05) is 5.56 Å². The summed E-state index contributed by atoms with van der Waals surface area (Å²) in [5, 5.41) is 4.16. The summed E-state index contributed by atoms with van der Waals surface area (Å²) >= 11 is 0. The van der Waals surface area contributed by atoms with Crippen LogP contribution in [0.25, 0.3) is 0 Å². The molecule has 0 fully saturated rings. The molecule has 1 amide bonds. The van der Waals surface area contributed by atoms with Gasteiger partial charge >= 0.3 is 0 Å². The second kappa shape index (κ2) is 7.59. The first-order chi connectivity index (χ1) is 11.7. The Kier molecular flexibility index (Phi) is 5.06. The minimum Gasteiger partial charge on any atom is -0.489 e. The lowest BCUT2D eigenvalue weighted by Crippen LogP contribution is -2.18. The van der Waals surface area contributed by atoms with E-state index in [4.69, 9.17) is 4.74 Å². The zero-order valence-corrected chi connectivity index (χ0v) is 13.7. The minimum atomic E-state index is -0.198. The SMILES string of the molecule is CC1=C/C(=N\NC(=O)c2ccc(COc3ccccc3)cc2)CC1. The van der Waals surface area contributed by atoms with Gasteiger partial charge in [-0.25, -0.2) is 5.43 Å². The highest BCUT2D eigenvalue weighted by atomic mass is 16.5. The van der Waals surface area contributed by atoms with Gasteiger partial charge in [-0.3, -0.25) is 4.79 Å². The van der Waals surface area contributed by atoms with E-state index < -0.39 is 0 Å². The third-order valence-corrected chi connectivity index (χ3v) is 3.85. The molecular formula is C20H20N2O2. The van der Waals surface area contributed by atoms with Crippen LogP contribution < -0.4 is 10.2 Å². The molecule has 0 aromatic heterocycles. The van der Waals surface area contributed by atoms with E-state index in [1.54, 1.807) is 12.1 Å². The predicted octanol–water partition coefficient (Wildman–Crippen LogP) is 4.09. The van der Waals surface area contributed by atoms with Crippen molar-refractivity contribution < 1.29 is 9.53 Å². The Bertz CT molecular complexity index is 762. The Morgan fingerprint density at radius 1 is 1.08 bits per heavy atom. The van der Waals surface area contributed by atoms with Gasteiger partial charge in [0.1, 0.15) is 12.4 Å². The number of amides is 1. The Balaban J connectivity index is 1.55. The number of para-hydroxylation sites is 1. The molecule has 0 bridgehead atoms. The molecule has 2 aromatic carbocycles. The first-order valence-electron chi connectivity index (χ1n) is 8.01. The number of ether oxygens (including phenoxy) is 1. The van der Waals surface area contributed by atoms with E-state index in [1.807, 2.05) is 48.5 Å². The van der Waals surface area contributed by atoms with Crippen molar-refractivity contribution >= 4 is 11.6 Å². The van der Waals surface area contributed by atoms with Gasteiger partial charge < -0.3 is 4.74 Å². The average Bonchev–Trinajstić information content (AvgIpc) is 3.04. The van der Waals surface area contributed by atoms with Crippen LogP contribution in [0.3, 0.4) is 0 Å². The van der Waals surface area contributed by atoms with Gasteiger partial charge in [0.2, 0.25) is 0 Å². The Labute approximate surface area is 141 Å². The van der Waals surface area contributed by atoms with Gasteiger partial charge in [-0.15, -0.1) is 0 Å². The normalized spacial score (nSPS) is 15.2. The summed E-state index contributed by atoms with van der Waals surface area (Å²) < 4.78 is 5.69. The van der Waals surface area contributed by atoms with Gasteiger partial charge in [-0.1, -0.05) is 35.9 Å². The number of allylic oxidation sites excluding steroid dienone is 2. The van der Waals surface area contributed by atoms with Crippen LogP contribution >= 0.6 is 0 Å². The van der Waals surface area contributed by atoms with Crippen molar-refractivity contribution in [3.63, 3.8) is 0 Å². The molecule has 24 heavy (non-hydrogen) atoms. The fraction of sp³-hybridized carbons (Fsp3) is 0.200. The number of carbonyl (C=O) groups excluding carboxylic acids is 1.